The molecule has 3 aromatic heterocycles. The van der Waals surface area contributed by atoms with Crippen molar-refractivity contribution in [2.75, 3.05) is 11.9 Å². The molecule has 0 spiro atoms. The molecule has 9 heteroatoms. The summed E-state index contributed by atoms with van der Waals surface area (Å²) in [6.07, 6.45) is 6.02. The van der Waals surface area contributed by atoms with Crippen LogP contribution in [-0.4, -0.2) is 43.0 Å². The Labute approximate surface area is 155 Å². The maximum absolute atomic E-state index is 13.8. The molecule has 0 aromatic carbocycles. The molecule has 3 aromatic rings. The predicted molar refractivity (Wildman–Crippen MR) is 99.0 cm³/mol. The van der Waals surface area contributed by atoms with Crippen molar-refractivity contribution in [1.82, 2.24) is 24.3 Å². The van der Waals surface area contributed by atoms with Crippen molar-refractivity contribution in [3.8, 4) is 11.4 Å². The lowest BCUT2D eigenvalue weighted by Gasteiger charge is -2.22. The Balaban J connectivity index is 1.84. The average molecular weight is 369 g/mol. The fraction of sp³-hybridized carbons (Fsp3) is 0.333. The van der Waals surface area contributed by atoms with Crippen LogP contribution in [0.4, 0.5) is 10.2 Å². The van der Waals surface area contributed by atoms with Gasteiger partial charge in [-0.3, -0.25) is 9.67 Å². The Morgan fingerprint density at radius 1 is 1.30 bits per heavy atom. The van der Waals surface area contributed by atoms with Gasteiger partial charge in [-0.2, -0.15) is 5.10 Å². The smallest absolute Gasteiger partial charge is 0.226 e. The lowest BCUT2D eigenvalue weighted by molar-refractivity contribution is 0.0881. The molecule has 0 bridgehead atoms. The molecular formula is C18H20FN7O. The Kier molecular flexibility index (Phi) is 4.44. The van der Waals surface area contributed by atoms with Gasteiger partial charge >= 0.3 is 0 Å². The highest BCUT2D eigenvalue weighted by molar-refractivity contribution is 6.03. The highest BCUT2D eigenvalue weighted by Gasteiger charge is 2.27. The number of fused-ring (bicyclic) bond motifs is 1. The van der Waals surface area contributed by atoms with Crippen molar-refractivity contribution in [3.63, 3.8) is 0 Å². The summed E-state index contributed by atoms with van der Waals surface area (Å²) in [5.41, 5.74) is 3.07. The molecular weight excluding hydrogens is 349 g/mol. The summed E-state index contributed by atoms with van der Waals surface area (Å²) in [4.78, 5) is 13.2. The van der Waals surface area contributed by atoms with Crippen LogP contribution < -0.4 is 5.32 Å². The lowest BCUT2D eigenvalue weighted by Crippen LogP contribution is -2.29. The summed E-state index contributed by atoms with van der Waals surface area (Å²) < 4.78 is 23.1. The number of aromatic nitrogens is 5. The third-order valence-electron chi connectivity index (χ3n) is 4.27. The summed E-state index contributed by atoms with van der Waals surface area (Å²) in [5, 5.41) is 7.50. The van der Waals surface area contributed by atoms with Crippen LogP contribution in [0.25, 0.3) is 11.4 Å². The van der Waals surface area contributed by atoms with Crippen LogP contribution in [0.2, 0.25) is 0 Å². The third kappa shape index (κ3) is 3.33. The number of halogens is 1. The van der Waals surface area contributed by atoms with Gasteiger partial charge in [0.25, 0.3) is 0 Å². The number of nitrogens with one attached hydrogen (secondary N) is 1. The highest BCUT2D eigenvalue weighted by Crippen LogP contribution is 2.31. The van der Waals surface area contributed by atoms with Gasteiger partial charge in [0, 0.05) is 37.2 Å². The first-order chi connectivity index (χ1) is 13.0. The molecule has 1 unspecified atom stereocenters. The zero-order valence-electron chi connectivity index (χ0n) is 15.3. The summed E-state index contributed by atoms with van der Waals surface area (Å²) in [7, 11) is 1.87. The maximum Gasteiger partial charge on any atom is 0.226 e. The average Bonchev–Trinajstić information content (AvgIpc) is 3.20. The predicted octanol–water partition coefficient (Wildman–Crippen LogP) is 2.42. The fourth-order valence-corrected chi connectivity index (χ4v) is 3.12. The monoisotopic (exact) mass is 369 g/mol. The number of hydrogen-bond acceptors (Lipinski definition) is 6. The second kappa shape index (κ2) is 6.92. The fourth-order valence-electron chi connectivity index (χ4n) is 3.12. The number of ether oxygens (including phenoxy) is 1. The highest BCUT2D eigenvalue weighted by atomic mass is 19.1. The van der Waals surface area contributed by atoms with Gasteiger partial charge in [0.05, 0.1) is 24.7 Å². The van der Waals surface area contributed by atoms with Crippen LogP contribution >= 0.6 is 0 Å². The first-order valence-electron chi connectivity index (χ1n) is 8.67. The SMILES string of the molecule is CCOC1N=C(C)c2nc(-c3cncc(F)c3)n(Cc3cnn(C)c3)c2N1. The molecule has 140 valence electrons. The van der Waals surface area contributed by atoms with E-state index in [4.69, 9.17) is 9.72 Å². The van der Waals surface area contributed by atoms with Crippen LogP contribution in [0.1, 0.15) is 25.1 Å². The molecule has 1 atom stereocenters. The number of nitrogens with zero attached hydrogens (tertiary/aromatic N) is 6. The van der Waals surface area contributed by atoms with Crippen molar-refractivity contribution in [2.24, 2.45) is 12.0 Å². The maximum atomic E-state index is 13.8. The van der Waals surface area contributed by atoms with Crippen molar-refractivity contribution in [2.45, 2.75) is 26.7 Å². The largest absolute Gasteiger partial charge is 0.339 e. The van der Waals surface area contributed by atoms with Crippen LogP contribution in [0, 0.1) is 5.82 Å². The van der Waals surface area contributed by atoms with Crippen LogP contribution in [0.15, 0.2) is 35.8 Å². The van der Waals surface area contributed by atoms with E-state index in [1.807, 2.05) is 31.7 Å². The van der Waals surface area contributed by atoms with Crippen molar-refractivity contribution in [3.05, 3.63) is 47.9 Å². The molecule has 1 aliphatic rings. The number of anilines is 1. The second-order valence-corrected chi connectivity index (χ2v) is 6.30. The quantitative estimate of drug-likeness (QED) is 0.747. The summed E-state index contributed by atoms with van der Waals surface area (Å²) in [6.45, 7) is 4.85. The molecule has 1 N–H and O–H groups in total. The minimum Gasteiger partial charge on any atom is -0.339 e. The molecule has 0 amide bonds. The molecule has 0 fully saturated rings. The Bertz CT molecular complexity index is 1010. The molecule has 0 aliphatic carbocycles. The van der Waals surface area contributed by atoms with Gasteiger partial charge < -0.3 is 14.6 Å². The van der Waals surface area contributed by atoms with Gasteiger partial charge in [0.15, 0.2) is 0 Å². The minimum atomic E-state index is -0.481. The van der Waals surface area contributed by atoms with E-state index in [0.717, 1.165) is 17.1 Å². The summed E-state index contributed by atoms with van der Waals surface area (Å²) in [6, 6.07) is 1.42. The Morgan fingerprint density at radius 2 is 2.15 bits per heavy atom. The number of pyridine rings is 1. The molecule has 4 heterocycles. The lowest BCUT2D eigenvalue weighted by atomic mass is 10.2. The van der Waals surface area contributed by atoms with Gasteiger partial charge in [0.1, 0.15) is 23.2 Å². The molecule has 4 rings (SSSR count). The van der Waals surface area contributed by atoms with Gasteiger partial charge in [-0.05, 0) is 19.9 Å². The number of imidazole rings is 1. The van der Waals surface area contributed by atoms with Gasteiger partial charge in [0.2, 0.25) is 6.35 Å². The van der Waals surface area contributed by atoms with E-state index >= 15 is 0 Å². The van der Waals surface area contributed by atoms with Crippen LogP contribution in [0.5, 0.6) is 0 Å². The molecule has 1 aliphatic heterocycles. The van der Waals surface area contributed by atoms with E-state index in [1.54, 1.807) is 17.1 Å². The normalized spacial score (nSPS) is 16.0. The van der Waals surface area contributed by atoms with Crippen molar-refractivity contribution >= 4 is 11.5 Å². The van der Waals surface area contributed by atoms with E-state index in [-0.39, 0.29) is 0 Å². The molecule has 0 saturated carbocycles. The van der Waals surface area contributed by atoms with Gasteiger partial charge in [-0.1, -0.05) is 0 Å². The number of aryl methyl sites for hydroxylation is 1. The molecule has 8 nitrogen and oxygen atoms in total. The molecule has 27 heavy (non-hydrogen) atoms. The number of aliphatic imine (C=N–C) groups is 1. The van der Waals surface area contributed by atoms with E-state index < -0.39 is 12.2 Å². The standard InChI is InChI=1S/C18H20FN7O/c1-4-27-18-22-11(2)15-17(24-18)26(10-12-6-21-25(3)9-12)16(23-15)13-5-14(19)8-20-7-13/h5-9,18,24H,4,10H2,1-3H3. The van der Waals surface area contributed by atoms with Crippen molar-refractivity contribution < 1.29 is 9.13 Å². The topological polar surface area (TPSA) is 82.2 Å². The first-order valence-corrected chi connectivity index (χ1v) is 8.67. The molecule has 0 radical (unpaired) electrons. The second-order valence-electron chi connectivity index (χ2n) is 6.30. The summed E-state index contributed by atoms with van der Waals surface area (Å²) >= 11 is 0. The van der Waals surface area contributed by atoms with Gasteiger partial charge in [-0.25, -0.2) is 14.4 Å². The van der Waals surface area contributed by atoms with E-state index in [9.17, 15) is 4.39 Å². The Hall–Kier alpha value is -3.07. The first kappa shape index (κ1) is 17.3. The number of hydrogen-bond donors (Lipinski definition) is 1. The zero-order chi connectivity index (χ0) is 19.0. The minimum absolute atomic E-state index is 0.410. The third-order valence-corrected chi connectivity index (χ3v) is 4.27. The zero-order valence-corrected chi connectivity index (χ0v) is 15.3. The van der Waals surface area contributed by atoms with Gasteiger partial charge in [-0.15, -0.1) is 0 Å². The van der Waals surface area contributed by atoms with E-state index in [1.165, 1.54) is 12.3 Å². The van der Waals surface area contributed by atoms with E-state index in [2.05, 4.69) is 20.4 Å². The van der Waals surface area contributed by atoms with Crippen LogP contribution in [-0.2, 0) is 18.3 Å². The Morgan fingerprint density at radius 3 is 2.85 bits per heavy atom. The van der Waals surface area contributed by atoms with Crippen molar-refractivity contribution in [1.29, 1.82) is 0 Å². The molecule has 0 saturated heterocycles. The van der Waals surface area contributed by atoms with Crippen LogP contribution in [0.3, 0.4) is 0 Å². The van der Waals surface area contributed by atoms with E-state index in [0.29, 0.717) is 30.2 Å². The number of rotatable bonds is 5. The summed E-state index contributed by atoms with van der Waals surface area (Å²) in [5.74, 6) is 0.978.